The second kappa shape index (κ2) is 6.65. The summed E-state index contributed by atoms with van der Waals surface area (Å²) in [4.78, 5) is 9.12. The molecule has 1 aromatic heterocycles. The minimum atomic E-state index is 0.0634. The standard InChI is InChI=1S/C19H20ClN3O/c1-11-8-17-16(10-18(11)24-4)19(23-13(3)22-17)21-12(2)14-6-5-7-15(20)9-14/h5-10,12H,1-4H3,(H,21,22,23). The fraction of sp³-hybridized carbons (Fsp3) is 0.263. The van der Waals surface area contributed by atoms with Gasteiger partial charge in [0.1, 0.15) is 17.4 Å². The second-order valence-electron chi connectivity index (χ2n) is 5.88. The Hall–Kier alpha value is -2.33. The quantitative estimate of drug-likeness (QED) is 0.718. The van der Waals surface area contributed by atoms with E-state index in [-0.39, 0.29) is 6.04 Å². The van der Waals surface area contributed by atoms with Crippen molar-refractivity contribution in [1.29, 1.82) is 0 Å². The van der Waals surface area contributed by atoms with E-state index in [4.69, 9.17) is 16.3 Å². The van der Waals surface area contributed by atoms with Crippen LogP contribution in [0.1, 0.15) is 29.9 Å². The molecule has 1 unspecified atom stereocenters. The van der Waals surface area contributed by atoms with Gasteiger partial charge in [0.15, 0.2) is 0 Å². The Morgan fingerprint density at radius 1 is 1.12 bits per heavy atom. The van der Waals surface area contributed by atoms with E-state index in [1.165, 1.54) is 0 Å². The molecule has 0 spiro atoms. The van der Waals surface area contributed by atoms with Crippen molar-refractivity contribution in [2.45, 2.75) is 26.8 Å². The van der Waals surface area contributed by atoms with Crippen LogP contribution in [0.25, 0.3) is 10.9 Å². The average molecular weight is 342 g/mol. The number of hydrogen-bond donors (Lipinski definition) is 1. The molecule has 1 N–H and O–H groups in total. The molecule has 4 nitrogen and oxygen atoms in total. The van der Waals surface area contributed by atoms with E-state index in [0.717, 1.165) is 44.4 Å². The van der Waals surface area contributed by atoms with Gasteiger partial charge in [0.05, 0.1) is 18.7 Å². The maximum atomic E-state index is 6.10. The van der Waals surface area contributed by atoms with E-state index in [1.54, 1.807) is 7.11 Å². The molecule has 0 amide bonds. The molecule has 5 heteroatoms. The van der Waals surface area contributed by atoms with Crippen LogP contribution in [0.3, 0.4) is 0 Å². The highest BCUT2D eigenvalue weighted by molar-refractivity contribution is 6.30. The first kappa shape index (κ1) is 16.5. The van der Waals surface area contributed by atoms with Gasteiger partial charge in [0.25, 0.3) is 0 Å². The Morgan fingerprint density at radius 3 is 2.62 bits per heavy atom. The van der Waals surface area contributed by atoms with Crippen molar-refractivity contribution in [1.82, 2.24) is 9.97 Å². The fourth-order valence-corrected chi connectivity index (χ4v) is 2.97. The number of fused-ring (bicyclic) bond motifs is 1. The first-order chi connectivity index (χ1) is 11.5. The molecule has 3 aromatic rings. The van der Waals surface area contributed by atoms with Crippen LogP contribution >= 0.6 is 11.6 Å². The number of hydrogen-bond acceptors (Lipinski definition) is 4. The van der Waals surface area contributed by atoms with Crippen LogP contribution in [-0.2, 0) is 0 Å². The number of ether oxygens (including phenoxy) is 1. The highest BCUT2D eigenvalue weighted by atomic mass is 35.5. The van der Waals surface area contributed by atoms with Gasteiger partial charge >= 0.3 is 0 Å². The molecule has 24 heavy (non-hydrogen) atoms. The van der Waals surface area contributed by atoms with E-state index >= 15 is 0 Å². The minimum absolute atomic E-state index is 0.0634. The predicted octanol–water partition coefficient (Wildman–Crippen LogP) is 5.08. The van der Waals surface area contributed by atoms with E-state index in [9.17, 15) is 0 Å². The molecule has 1 atom stereocenters. The molecule has 0 fully saturated rings. The highest BCUT2D eigenvalue weighted by Gasteiger charge is 2.13. The van der Waals surface area contributed by atoms with Gasteiger partial charge in [-0.05, 0) is 56.2 Å². The van der Waals surface area contributed by atoms with E-state index in [0.29, 0.717) is 0 Å². The Balaban J connectivity index is 2.05. The number of rotatable bonds is 4. The van der Waals surface area contributed by atoms with Gasteiger partial charge in [-0.2, -0.15) is 0 Å². The molecular formula is C19H20ClN3O. The zero-order valence-electron chi connectivity index (χ0n) is 14.2. The van der Waals surface area contributed by atoms with Crippen LogP contribution in [0.5, 0.6) is 5.75 Å². The summed E-state index contributed by atoms with van der Waals surface area (Å²) in [6, 6.07) is 11.9. The van der Waals surface area contributed by atoms with Crippen molar-refractivity contribution in [3.63, 3.8) is 0 Å². The third-order valence-corrected chi connectivity index (χ3v) is 4.26. The third kappa shape index (κ3) is 3.29. The normalized spacial score (nSPS) is 12.2. The molecule has 0 saturated carbocycles. The summed E-state index contributed by atoms with van der Waals surface area (Å²) in [6.07, 6.45) is 0. The van der Waals surface area contributed by atoms with Crippen LogP contribution in [0.15, 0.2) is 36.4 Å². The van der Waals surface area contributed by atoms with Crippen molar-refractivity contribution in [3.8, 4) is 5.75 Å². The summed E-state index contributed by atoms with van der Waals surface area (Å²) in [7, 11) is 1.67. The maximum absolute atomic E-state index is 6.10. The maximum Gasteiger partial charge on any atom is 0.138 e. The van der Waals surface area contributed by atoms with Gasteiger partial charge in [-0.1, -0.05) is 23.7 Å². The highest BCUT2D eigenvalue weighted by Crippen LogP contribution is 2.30. The predicted molar refractivity (Wildman–Crippen MR) is 99.1 cm³/mol. The molecule has 0 bridgehead atoms. The van der Waals surface area contributed by atoms with Gasteiger partial charge < -0.3 is 10.1 Å². The van der Waals surface area contributed by atoms with Crippen LogP contribution in [0.2, 0.25) is 5.02 Å². The van der Waals surface area contributed by atoms with Crippen LogP contribution in [0, 0.1) is 13.8 Å². The van der Waals surface area contributed by atoms with E-state index in [2.05, 4.69) is 22.2 Å². The molecule has 124 valence electrons. The van der Waals surface area contributed by atoms with Crippen LogP contribution in [0.4, 0.5) is 5.82 Å². The zero-order valence-corrected chi connectivity index (χ0v) is 15.0. The van der Waals surface area contributed by atoms with Crippen molar-refractivity contribution in [2.24, 2.45) is 0 Å². The summed E-state index contributed by atoms with van der Waals surface area (Å²) >= 11 is 6.10. The number of nitrogens with one attached hydrogen (secondary N) is 1. The Labute approximate surface area is 146 Å². The smallest absolute Gasteiger partial charge is 0.138 e. The van der Waals surface area contributed by atoms with Gasteiger partial charge in [-0.25, -0.2) is 9.97 Å². The Kier molecular flexibility index (Phi) is 4.58. The minimum Gasteiger partial charge on any atom is -0.496 e. The lowest BCUT2D eigenvalue weighted by molar-refractivity contribution is 0.412. The topological polar surface area (TPSA) is 47.0 Å². The first-order valence-corrected chi connectivity index (χ1v) is 8.20. The Bertz CT molecular complexity index is 895. The third-order valence-electron chi connectivity index (χ3n) is 4.03. The van der Waals surface area contributed by atoms with E-state index in [1.807, 2.05) is 50.2 Å². The van der Waals surface area contributed by atoms with E-state index < -0.39 is 0 Å². The van der Waals surface area contributed by atoms with Crippen molar-refractivity contribution >= 4 is 28.3 Å². The van der Waals surface area contributed by atoms with Crippen LogP contribution in [-0.4, -0.2) is 17.1 Å². The summed E-state index contributed by atoms with van der Waals surface area (Å²) < 4.78 is 5.44. The number of nitrogens with zero attached hydrogens (tertiary/aromatic N) is 2. The fourth-order valence-electron chi connectivity index (χ4n) is 2.77. The van der Waals surface area contributed by atoms with Crippen LogP contribution < -0.4 is 10.1 Å². The molecule has 0 aliphatic rings. The molecule has 0 radical (unpaired) electrons. The van der Waals surface area contributed by atoms with Crippen molar-refractivity contribution in [3.05, 3.63) is 58.4 Å². The number of benzene rings is 2. The zero-order chi connectivity index (χ0) is 17.3. The lowest BCUT2D eigenvalue weighted by atomic mass is 10.1. The lowest BCUT2D eigenvalue weighted by Crippen LogP contribution is -2.09. The molecule has 0 aliphatic heterocycles. The first-order valence-electron chi connectivity index (χ1n) is 7.83. The lowest BCUT2D eigenvalue weighted by Gasteiger charge is -2.18. The van der Waals surface area contributed by atoms with Crippen molar-refractivity contribution in [2.75, 3.05) is 12.4 Å². The SMILES string of the molecule is COc1cc2c(NC(C)c3cccc(Cl)c3)nc(C)nc2cc1C. The Morgan fingerprint density at radius 2 is 1.92 bits per heavy atom. The number of methoxy groups -OCH3 is 1. The van der Waals surface area contributed by atoms with Gasteiger partial charge in [0, 0.05) is 10.4 Å². The average Bonchev–Trinajstić information content (AvgIpc) is 2.54. The molecule has 3 rings (SSSR count). The number of halogens is 1. The summed E-state index contributed by atoms with van der Waals surface area (Å²) in [6.45, 7) is 5.99. The summed E-state index contributed by atoms with van der Waals surface area (Å²) in [5.41, 5.74) is 3.06. The molecular weight excluding hydrogens is 322 g/mol. The van der Waals surface area contributed by atoms with Gasteiger partial charge in [-0.15, -0.1) is 0 Å². The monoisotopic (exact) mass is 341 g/mol. The van der Waals surface area contributed by atoms with Gasteiger partial charge in [0.2, 0.25) is 0 Å². The molecule has 2 aromatic carbocycles. The number of aromatic nitrogens is 2. The van der Waals surface area contributed by atoms with Crippen molar-refractivity contribution < 1.29 is 4.74 Å². The number of anilines is 1. The molecule has 0 aliphatic carbocycles. The number of aryl methyl sites for hydroxylation is 2. The largest absolute Gasteiger partial charge is 0.496 e. The summed E-state index contributed by atoms with van der Waals surface area (Å²) in [5.74, 6) is 2.35. The molecule has 1 heterocycles. The summed E-state index contributed by atoms with van der Waals surface area (Å²) in [5, 5.41) is 5.14. The molecule has 0 saturated heterocycles. The second-order valence-corrected chi connectivity index (χ2v) is 6.32. The van der Waals surface area contributed by atoms with Gasteiger partial charge in [-0.3, -0.25) is 0 Å².